The average Bonchev–Trinajstić information content (AvgIpc) is 2.66. The highest BCUT2D eigenvalue weighted by molar-refractivity contribution is 8.02. The highest BCUT2D eigenvalue weighted by Gasteiger charge is 2.29. The summed E-state index contributed by atoms with van der Waals surface area (Å²) in [6.45, 7) is 1.64. The lowest BCUT2D eigenvalue weighted by Gasteiger charge is -2.33. The number of unbranched alkanes of at least 4 members (excludes halogenated alkanes) is 1. The van der Waals surface area contributed by atoms with Gasteiger partial charge in [-0.05, 0) is 38.6 Å². The number of anilines is 1. The first-order chi connectivity index (χ1) is 12.7. The molecular weight excluding hydrogens is 386 g/mol. The van der Waals surface area contributed by atoms with E-state index in [1.54, 1.807) is 11.8 Å². The van der Waals surface area contributed by atoms with Crippen molar-refractivity contribution in [3.63, 3.8) is 0 Å². The normalized spacial score (nSPS) is 15.7. The average molecular weight is 410 g/mol. The van der Waals surface area contributed by atoms with Crippen LogP contribution in [0.3, 0.4) is 0 Å². The number of benzene rings is 1. The summed E-state index contributed by atoms with van der Waals surface area (Å²) in [5.41, 5.74) is 4.77. The van der Waals surface area contributed by atoms with Gasteiger partial charge in [0.2, 0.25) is 5.91 Å². The molecule has 0 aromatic heterocycles. The van der Waals surface area contributed by atoms with Gasteiger partial charge in [0.1, 0.15) is 5.70 Å². The number of nitrogens with one attached hydrogen (secondary N) is 3. The van der Waals surface area contributed by atoms with Gasteiger partial charge in [-0.15, -0.1) is 24.2 Å². The summed E-state index contributed by atoms with van der Waals surface area (Å²) in [5.74, 6) is 1.42. The van der Waals surface area contributed by atoms with Gasteiger partial charge in [-0.2, -0.15) is 5.10 Å². The molecule has 0 unspecified atom stereocenters. The van der Waals surface area contributed by atoms with E-state index in [0.717, 1.165) is 42.9 Å². The molecule has 0 saturated heterocycles. The standard InChI is InChI=1S/C18H23N5O2S.ClH/c1-19-8-3-2-7-16(24)20-14-6-4-5-13(11-14)17-21-22-18(25)15-12-26-10-9-23(15)17;/h4-6,11-12,19H,2-3,7-10H2,1H3,(H,20,24)(H,22,25);1H. The SMILES string of the molecule is CNCCCCC(=O)Nc1cccc(C2=NNC(=O)C3=CSCCN32)c1.Cl. The van der Waals surface area contributed by atoms with Crippen LogP contribution in [0.2, 0.25) is 0 Å². The Labute approximate surface area is 169 Å². The number of thioether (sulfide) groups is 1. The summed E-state index contributed by atoms with van der Waals surface area (Å²) in [6.07, 6.45) is 2.33. The third kappa shape index (κ3) is 5.47. The molecule has 3 rings (SSSR count). The second kappa shape index (κ2) is 10.3. The van der Waals surface area contributed by atoms with Crippen molar-refractivity contribution in [3.05, 3.63) is 40.9 Å². The molecule has 2 heterocycles. The van der Waals surface area contributed by atoms with E-state index in [-0.39, 0.29) is 24.2 Å². The lowest BCUT2D eigenvalue weighted by Crippen LogP contribution is -2.45. The molecule has 27 heavy (non-hydrogen) atoms. The zero-order chi connectivity index (χ0) is 18.4. The fraction of sp³-hybridized carbons (Fsp3) is 0.389. The molecule has 0 fully saturated rings. The van der Waals surface area contributed by atoms with Crippen LogP contribution in [0.4, 0.5) is 5.69 Å². The third-order valence-corrected chi connectivity index (χ3v) is 4.96. The Bertz CT molecular complexity index is 753. The molecule has 0 bridgehead atoms. The molecule has 0 radical (unpaired) electrons. The lowest BCUT2D eigenvalue weighted by atomic mass is 10.1. The van der Waals surface area contributed by atoms with Crippen molar-refractivity contribution in [2.45, 2.75) is 19.3 Å². The van der Waals surface area contributed by atoms with Crippen molar-refractivity contribution in [2.24, 2.45) is 5.10 Å². The molecule has 2 aliphatic rings. The van der Waals surface area contributed by atoms with Crippen LogP contribution >= 0.6 is 24.2 Å². The predicted octanol–water partition coefficient (Wildman–Crippen LogP) is 2.12. The zero-order valence-corrected chi connectivity index (χ0v) is 16.8. The first-order valence-electron chi connectivity index (χ1n) is 8.71. The van der Waals surface area contributed by atoms with E-state index in [2.05, 4.69) is 21.2 Å². The van der Waals surface area contributed by atoms with E-state index in [9.17, 15) is 9.59 Å². The van der Waals surface area contributed by atoms with Gasteiger partial charge in [-0.25, -0.2) is 5.43 Å². The topological polar surface area (TPSA) is 85.8 Å². The quantitative estimate of drug-likeness (QED) is 0.600. The third-order valence-electron chi connectivity index (χ3n) is 4.16. The zero-order valence-electron chi connectivity index (χ0n) is 15.2. The molecule has 7 nitrogen and oxygen atoms in total. The number of carbonyl (C=O) groups excluding carboxylic acids is 2. The van der Waals surface area contributed by atoms with Gasteiger partial charge >= 0.3 is 0 Å². The van der Waals surface area contributed by atoms with Gasteiger partial charge in [-0.3, -0.25) is 9.59 Å². The van der Waals surface area contributed by atoms with Gasteiger partial charge in [0, 0.05) is 35.4 Å². The number of hydrogen-bond donors (Lipinski definition) is 3. The fourth-order valence-electron chi connectivity index (χ4n) is 2.85. The fourth-order valence-corrected chi connectivity index (χ4v) is 3.65. The van der Waals surface area contributed by atoms with Crippen LogP contribution in [-0.2, 0) is 9.59 Å². The Morgan fingerprint density at radius 3 is 3.04 bits per heavy atom. The molecule has 0 saturated carbocycles. The molecule has 1 aromatic rings. The number of carbonyl (C=O) groups is 2. The van der Waals surface area contributed by atoms with Crippen molar-refractivity contribution in [2.75, 3.05) is 31.2 Å². The second-order valence-electron chi connectivity index (χ2n) is 6.09. The Kier molecular flexibility index (Phi) is 8.15. The summed E-state index contributed by atoms with van der Waals surface area (Å²) in [7, 11) is 1.91. The van der Waals surface area contributed by atoms with Crippen LogP contribution in [0.15, 0.2) is 40.5 Å². The van der Waals surface area contributed by atoms with Crippen molar-refractivity contribution < 1.29 is 9.59 Å². The minimum atomic E-state index is -0.188. The molecular formula is C18H24ClN5O2S. The van der Waals surface area contributed by atoms with Crippen LogP contribution in [0.5, 0.6) is 0 Å². The van der Waals surface area contributed by atoms with Crippen molar-refractivity contribution in [3.8, 4) is 0 Å². The molecule has 0 aliphatic carbocycles. The lowest BCUT2D eigenvalue weighted by molar-refractivity contribution is -0.119. The summed E-state index contributed by atoms with van der Waals surface area (Å²) >= 11 is 1.62. The maximum absolute atomic E-state index is 12.1. The van der Waals surface area contributed by atoms with Gasteiger partial charge in [0.15, 0.2) is 5.84 Å². The summed E-state index contributed by atoms with van der Waals surface area (Å²) in [4.78, 5) is 26.0. The maximum Gasteiger partial charge on any atom is 0.288 e. The molecule has 0 spiro atoms. The highest BCUT2D eigenvalue weighted by atomic mass is 35.5. The van der Waals surface area contributed by atoms with Crippen molar-refractivity contribution >= 4 is 47.5 Å². The molecule has 2 aliphatic heterocycles. The first-order valence-corrected chi connectivity index (χ1v) is 9.76. The molecule has 9 heteroatoms. The Morgan fingerprint density at radius 1 is 1.37 bits per heavy atom. The number of hydrogen-bond acceptors (Lipinski definition) is 6. The number of amidine groups is 1. The number of nitrogens with zero attached hydrogens (tertiary/aromatic N) is 2. The molecule has 2 amide bonds. The first kappa shape index (κ1) is 21.3. The molecule has 0 atom stereocenters. The highest BCUT2D eigenvalue weighted by Crippen LogP contribution is 2.25. The van der Waals surface area contributed by atoms with Crippen LogP contribution < -0.4 is 16.1 Å². The van der Waals surface area contributed by atoms with E-state index < -0.39 is 0 Å². The van der Waals surface area contributed by atoms with Gasteiger partial charge in [0.25, 0.3) is 5.91 Å². The van der Waals surface area contributed by atoms with E-state index in [4.69, 9.17) is 0 Å². The number of amides is 2. The molecule has 146 valence electrons. The van der Waals surface area contributed by atoms with Crippen LogP contribution in [0, 0.1) is 0 Å². The number of halogens is 1. The smallest absolute Gasteiger partial charge is 0.288 e. The summed E-state index contributed by atoms with van der Waals surface area (Å²) in [5, 5.41) is 12.1. The van der Waals surface area contributed by atoms with E-state index in [1.165, 1.54) is 0 Å². The Balaban J connectivity index is 0.00000261. The van der Waals surface area contributed by atoms with Gasteiger partial charge in [-0.1, -0.05) is 12.1 Å². The van der Waals surface area contributed by atoms with Crippen molar-refractivity contribution in [1.82, 2.24) is 15.6 Å². The number of rotatable bonds is 7. The number of hydrazone groups is 1. The summed E-state index contributed by atoms with van der Waals surface area (Å²) in [6, 6.07) is 7.56. The largest absolute Gasteiger partial charge is 0.326 e. The van der Waals surface area contributed by atoms with Gasteiger partial charge < -0.3 is 15.5 Å². The minimum absolute atomic E-state index is 0. The Morgan fingerprint density at radius 2 is 2.22 bits per heavy atom. The van der Waals surface area contributed by atoms with E-state index in [1.807, 2.05) is 41.6 Å². The monoisotopic (exact) mass is 409 g/mol. The van der Waals surface area contributed by atoms with Crippen LogP contribution in [0.1, 0.15) is 24.8 Å². The van der Waals surface area contributed by atoms with E-state index in [0.29, 0.717) is 18.0 Å². The summed E-state index contributed by atoms with van der Waals surface area (Å²) < 4.78 is 0. The van der Waals surface area contributed by atoms with Crippen LogP contribution in [0.25, 0.3) is 0 Å². The van der Waals surface area contributed by atoms with Crippen molar-refractivity contribution in [1.29, 1.82) is 0 Å². The molecule has 1 aromatic carbocycles. The van der Waals surface area contributed by atoms with Gasteiger partial charge in [0.05, 0.1) is 0 Å². The minimum Gasteiger partial charge on any atom is -0.326 e. The molecule has 3 N–H and O–H groups in total. The number of fused-ring (bicyclic) bond motifs is 1. The van der Waals surface area contributed by atoms with Crippen LogP contribution in [-0.4, -0.2) is 48.4 Å². The maximum atomic E-state index is 12.1. The Hall–Kier alpha value is -2.03. The second-order valence-corrected chi connectivity index (χ2v) is 7.07. The van der Waals surface area contributed by atoms with E-state index >= 15 is 0 Å². The predicted molar refractivity (Wildman–Crippen MR) is 112 cm³/mol.